The van der Waals surface area contributed by atoms with Crippen molar-refractivity contribution in [3.63, 3.8) is 0 Å². The number of hydrogen-bond acceptors (Lipinski definition) is 5. The monoisotopic (exact) mass is 259 g/mol. The maximum absolute atomic E-state index is 11.5. The van der Waals surface area contributed by atoms with E-state index in [4.69, 9.17) is 9.47 Å². The molecule has 0 radical (unpaired) electrons. The van der Waals surface area contributed by atoms with E-state index in [1.807, 2.05) is 18.2 Å². The summed E-state index contributed by atoms with van der Waals surface area (Å²) in [5, 5.41) is 2.43. The lowest BCUT2D eigenvalue weighted by atomic mass is 10.2. The summed E-state index contributed by atoms with van der Waals surface area (Å²) < 4.78 is 10.1. The van der Waals surface area contributed by atoms with Gasteiger partial charge in [0.1, 0.15) is 12.4 Å². The Morgan fingerprint density at radius 1 is 1.26 bits per heavy atom. The van der Waals surface area contributed by atoms with E-state index < -0.39 is 6.09 Å². The summed E-state index contributed by atoms with van der Waals surface area (Å²) in [6.45, 7) is 0.149. The quantitative estimate of drug-likeness (QED) is 0.911. The van der Waals surface area contributed by atoms with Gasteiger partial charge < -0.3 is 9.47 Å². The molecule has 1 aromatic heterocycles. The van der Waals surface area contributed by atoms with Crippen molar-refractivity contribution in [3.05, 3.63) is 48.3 Å². The highest BCUT2D eigenvalue weighted by molar-refractivity contribution is 5.82. The fourth-order valence-corrected chi connectivity index (χ4v) is 1.40. The molecule has 0 aliphatic rings. The first-order valence-corrected chi connectivity index (χ1v) is 5.61. The fourth-order valence-electron chi connectivity index (χ4n) is 1.40. The van der Waals surface area contributed by atoms with Crippen molar-refractivity contribution < 1.29 is 14.3 Å². The molecule has 0 bridgehead atoms. The standard InChI is InChI=1S/C13H13N3O3/c1-18-11-5-2-4-10(8-11)9-19-13(17)16-12-14-6-3-7-15-12/h2-8H,9H2,1H3,(H,14,15,16,17). The minimum Gasteiger partial charge on any atom is -0.497 e. The van der Waals surface area contributed by atoms with Gasteiger partial charge in [-0.25, -0.2) is 14.8 Å². The van der Waals surface area contributed by atoms with Crippen LogP contribution in [0.1, 0.15) is 5.56 Å². The van der Waals surface area contributed by atoms with Crippen LogP contribution in [0.4, 0.5) is 10.7 Å². The van der Waals surface area contributed by atoms with Gasteiger partial charge in [-0.2, -0.15) is 0 Å². The molecule has 0 aliphatic heterocycles. The molecule has 2 rings (SSSR count). The number of amides is 1. The van der Waals surface area contributed by atoms with Gasteiger partial charge in [0.05, 0.1) is 7.11 Å². The Morgan fingerprint density at radius 2 is 2.05 bits per heavy atom. The summed E-state index contributed by atoms with van der Waals surface area (Å²) in [5.74, 6) is 0.922. The fraction of sp³-hybridized carbons (Fsp3) is 0.154. The first-order valence-electron chi connectivity index (χ1n) is 5.61. The van der Waals surface area contributed by atoms with Crippen molar-refractivity contribution in [2.75, 3.05) is 12.4 Å². The predicted molar refractivity (Wildman–Crippen MR) is 68.8 cm³/mol. The summed E-state index contributed by atoms with van der Waals surface area (Å²) in [6.07, 6.45) is 2.46. The number of carbonyl (C=O) groups excluding carboxylic acids is 1. The number of nitrogens with zero attached hydrogens (tertiary/aromatic N) is 2. The molecule has 6 nitrogen and oxygen atoms in total. The normalized spacial score (nSPS) is 9.74. The average Bonchev–Trinajstić information content (AvgIpc) is 2.46. The Balaban J connectivity index is 1.86. The summed E-state index contributed by atoms with van der Waals surface area (Å²) >= 11 is 0. The van der Waals surface area contributed by atoms with Gasteiger partial charge in [0.15, 0.2) is 0 Å². The Labute approximate surface area is 110 Å². The van der Waals surface area contributed by atoms with Gasteiger partial charge in [-0.3, -0.25) is 5.32 Å². The molecule has 6 heteroatoms. The van der Waals surface area contributed by atoms with Crippen LogP contribution in [0.3, 0.4) is 0 Å². The number of hydrogen-bond donors (Lipinski definition) is 1. The minimum atomic E-state index is -0.603. The van der Waals surface area contributed by atoms with Crippen LogP contribution in [-0.2, 0) is 11.3 Å². The number of rotatable bonds is 4. The lowest BCUT2D eigenvalue weighted by Crippen LogP contribution is -2.15. The van der Waals surface area contributed by atoms with Crippen molar-refractivity contribution in [2.24, 2.45) is 0 Å². The molecule has 1 N–H and O–H groups in total. The number of aromatic nitrogens is 2. The van der Waals surface area contributed by atoms with Gasteiger partial charge in [0.2, 0.25) is 5.95 Å². The molecule has 0 spiro atoms. The maximum Gasteiger partial charge on any atom is 0.414 e. The third-order valence-corrected chi connectivity index (χ3v) is 2.28. The van der Waals surface area contributed by atoms with Crippen LogP contribution in [0.25, 0.3) is 0 Å². The third kappa shape index (κ3) is 3.95. The van der Waals surface area contributed by atoms with Crippen LogP contribution < -0.4 is 10.1 Å². The van der Waals surface area contributed by atoms with Gasteiger partial charge >= 0.3 is 6.09 Å². The second kappa shape index (κ2) is 6.34. The van der Waals surface area contributed by atoms with E-state index in [0.29, 0.717) is 5.75 Å². The van der Waals surface area contributed by atoms with Gasteiger partial charge in [0.25, 0.3) is 0 Å². The van der Waals surface area contributed by atoms with Crippen molar-refractivity contribution in [2.45, 2.75) is 6.61 Å². The van der Waals surface area contributed by atoms with Gasteiger partial charge in [-0.1, -0.05) is 12.1 Å². The van der Waals surface area contributed by atoms with Crippen molar-refractivity contribution in [3.8, 4) is 5.75 Å². The molecule has 0 fully saturated rings. The van der Waals surface area contributed by atoms with Crippen LogP contribution in [0, 0.1) is 0 Å². The highest BCUT2D eigenvalue weighted by Gasteiger charge is 2.05. The lowest BCUT2D eigenvalue weighted by molar-refractivity contribution is 0.155. The van der Waals surface area contributed by atoms with Gasteiger partial charge in [-0.15, -0.1) is 0 Å². The highest BCUT2D eigenvalue weighted by atomic mass is 16.5. The Hall–Kier alpha value is -2.63. The van der Waals surface area contributed by atoms with E-state index in [0.717, 1.165) is 5.56 Å². The third-order valence-electron chi connectivity index (χ3n) is 2.28. The molecule has 0 unspecified atom stereocenters. The van der Waals surface area contributed by atoms with Crippen molar-refractivity contribution >= 4 is 12.0 Å². The number of carbonyl (C=O) groups is 1. The van der Waals surface area contributed by atoms with Crippen LogP contribution in [0.2, 0.25) is 0 Å². The van der Waals surface area contributed by atoms with E-state index in [9.17, 15) is 4.79 Å². The van der Waals surface area contributed by atoms with Crippen LogP contribution in [0.5, 0.6) is 5.75 Å². The molecule has 2 aromatic rings. The number of ether oxygens (including phenoxy) is 2. The minimum absolute atomic E-state index is 0.149. The molecule has 19 heavy (non-hydrogen) atoms. The zero-order chi connectivity index (χ0) is 13.5. The maximum atomic E-state index is 11.5. The molecule has 0 saturated heterocycles. The zero-order valence-electron chi connectivity index (χ0n) is 10.4. The summed E-state index contributed by atoms with van der Waals surface area (Å²) in [7, 11) is 1.58. The first kappa shape index (κ1) is 12.8. The summed E-state index contributed by atoms with van der Waals surface area (Å²) in [5.41, 5.74) is 0.837. The Kier molecular flexibility index (Phi) is 4.28. The van der Waals surface area contributed by atoms with Crippen LogP contribution in [0.15, 0.2) is 42.7 Å². The first-order chi connectivity index (χ1) is 9.28. The molecule has 0 saturated carbocycles. The smallest absolute Gasteiger partial charge is 0.414 e. The van der Waals surface area contributed by atoms with E-state index in [1.54, 1.807) is 19.2 Å². The Morgan fingerprint density at radius 3 is 2.79 bits per heavy atom. The van der Waals surface area contributed by atoms with Crippen molar-refractivity contribution in [1.29, 1.82) is 0 Å². The van der Waals surface area contributed by atoms with Gasteiger partial charge in [-0.05, 0) is 23.8 Å². The van der Waals surface area contributed by atoms with E-state index in [2.05, 4.69) is 15.3 Å². The second-order valence-electron chi connectivity index (χ2n) is 3.63. The Bertz CT molecular complexity index is 546. The zero-order valence-corrected chi connectivity index (χ0v) is 10.4. The number of nitrogens with one attached hydrogen (secondary N) is 1. The number of benzene rings is 1. The number of methoxy groups -OCH3 is 1. The SMILES string of the molecule is COc1cccc(COC(=O)Nc2ncccn2)c1. The predicted octanol–water partition coefficient (Wildman–Crippen LogP) is 2.23. The van der Waals surface area contributed by atoms with Gasteiger partial charge in [0, 0.05) is 12.4 Å². The van der Waals surface area contributed by atoms with Crippen molar-refractivity contribution in [1.82, 2.24) is 9.97 Å². The lowest BCUT2D eigenvalue weighted by Gasteiger charge is -2.06. The molecular weight excluding hydrogens is 246 g/mol. The second-order valence-corrected chi connectivity index (χ2v) is 3.63. The highest BCUT2D eigenvalue weighted by Crippen LogP contribution is 2.13. The summed E-state index contributed by atoms with van der Waals surface area (Å²) in [4.78, 5) is 19.2. The van der Waals surface area contributed by atoms with E-state index in [-0.39, 0.29) is 12.6 Å². The molecule has 0 aliphatic carbocycles. The molecule has 0 atom stereocenters. The molecule has 1 amide bonds. The largest absolute Gasteiger partial charge is 0.497 e. The number of anilines is 1. The molecule has 98 valence electrons. The topological polar surface area (TPSA) is 73.3 Å². The van der Waals surface area contributed by atoms with E-state index >= 15 is 0 Å². The summed E-state index contributed by atoms with van der Waals surface area (Å²) in [6, 6.07) is 8.95. The molecule has 1 aromatic carbocycles. The van der Waals surface area contributed by atoms with Crippen LogP contribution in [-0.4, -0.2) is 23.2 Å². The molecule has 1 heterocycles. The average molecular weight is 259 g/mol. The van der Waals surface area contributed by atoms with Crippen LogP contribution >= 0.6 is 0 Å². The molecular formula is C13H13N3O3. The van der Waals surface area contributed by atoms with E-state index in [1.165, 1.54) is 12.4 Å².